The molecular formula is C12H14ClNO3. The molecule has 1 amide bonds. The second kappa shape index (κ2) is 6.25. The van der Waals surface area contributed by atoms with E-state index in [1.54, 1.807) is 24.3 Å². The number of halogens is 1. The number of hydrogen-bond donors (Lipinski definition) is 2. The SMILES string of the molecule is CCC[C@H](NC(=O)c1ccccc1Cl)C(=O)O. The molecule has 1 atom stereocenters. The molecule has 0 aromatic heterocycles. The van der Waals surface area contributed by atoms with Gasteiger partial charge >= 0.3 is 5.97 Å². The zero-order valence-corrected chi connectivity index (χ0v) is 10.2. The average molecular weight is 256 g/mol. The maximum atomic E-state index is 11.8. The average Bonchev–Trinajstić information content (AvgIpc) is 2.28. The maximum Gasteiger partial charge on any atom is 0.326 e. The molecule has 0 aliphatic rings. The van der Waals surface area contributed by atoms with Crippen LogP contribution >= 0.6 is 11.6 Å². The third-order valence-electron chi connectivity index (χ3n) is 2.30. The number of carbonyl (C=O) groups is 2. The van der Waals surface area contributed by atoms with E-state index >= 15 is 0 Å². The summed E-state index contributed by atoms with van der Waals surface area (Å²) >= 11 is 5.85. The Morgan fingerprint density at radius 1 is 1.41 bits per heavy atom. The summed E-state index contributed by atoms with van der Waals surface area (Å²) < 4.78 is 0. The van der Waals surface area contributed by atoms with Crippen molar-refractivity contribution in [1.29, 1.82) is 0 Å². The number of carboxylic acids is 1. The van der Waals surface area contributed by atoms with Crippen molar-refractivity contribution in [3.05, 3.63) is 34.9 Å². The molecule has 0 fully saturated rings. The van der Waals surface area contributed by atoms with Crippen molar-refractivity contribution in [2.24, 2.45) is 0 Å². The van der Waals surface area contributed by atoms with Gasteiger partial charge in [0, 0.05) is 0 Å². The molecule has 0 aliphatic heterocycles. The maximum absolute atomic E-state index is 11.8. The Balaban J connectivity index is 2.77. The fourth-order valence-corrected chi connectivity index (χ4v) is 1.65. The predicted octanol–water partition coefficient (Wildman–Crippen LogP) is 2.32. The van der Waals surface area contributed by atoms with E-state index in [0.29, 0.717) is 17.9 Å². The minimum atomic E-state index is -1.03. The zero-order chi connectivity index (χ0) is 12.8. The zero-order valence-electron chi connectivity index (χ0n) is 9.44. The van der Waals surface area contributed by atoms with Crippen molar-refractivity contribution >= 4 is 23.5 Å². The van der Waals surface area contributed by atoms with E-state index < -0.39 is 17.9 Å². The van der Waals surface area contributed by atoms with Gasteiger partial charge in [0.05, 0.1) is 10.6 Å². The molecule has 1 aromatic carbocycles. The standard InChI is InChI=1S/C12H14ClNO3/c1-2-5-10(12(16)17)14-11(15)8-6-3-4-7-9(8)13/h3-4,6-7,10H,2,5H2,1H3,(H,14,15)(H,16,17)/t10-/m0/s1. The fraction of sp³-hybridized carbons (Fsp3) is 0.333. The molecule has 0 aliphatic carbocycles. The molecule has 2 N–H and O–H groups in total. The van der Waals surface area contributed by atoms with E-state index in [1.165, 1.54) is 0 Å². The molecule has 5 heteroatoms. The van der Waals surface area contributed by atoms with Crippen LogP contribution in [-0.4, -0.2) is 23.0 Å². The molecule has 0 saturated heterocycles. The summed E-state index contributed by atoms with van der Waals surface area (Å²) in [6.45, 7) is 1.86. The summed E-state index contributed by atoms with van der Waals surface area (Å²) in [6, 6.07) is 5.66. The molecule has 0 saturated carbocycles. The summed E-state index contributed by atoms with van der Waals surface area (Å²) in [6.07, 6.45) is 1.07. The van der Waals surface area contributed by atoms with Crippen molar-refractivity contribution in [3.63, 3.8) is 0 Å². The van der Waals surface area contributed by atoms with Gasteiger partial charge in [0.1, 0.15) is 6.04 Å². The first-order valence-corrected chi connectivity index (χ1v) is 5.72. The quantitative estimate of drug-likeness (QED) is 0.849. The number of carbonyl (C=O) groups excluding carboxylic acids is 1. The number of benzene rings is 1. The first kappa shape index (κ1) is 13.5. The van der Waals surface area contributed by atoms with Crippen molar-refractivity contribution < 1.29 is 14.7 Å². The summed E-state index contributed by atoms with van der Waals surface area (Å²) in [5, 5.41) is 11.7. The van der Waals surface area contributed by atoms with Gasteiger partial charge in [0.25, 0.3) is 5.91 Å². The minimum absolute atomic E-state index is 0.288. The Labute approximate surface area is 105 Å². The van der Waals surface area contributed by atoms with Crippen LogP contribution in [0.25, 0.3) is 0 Å². The summed E-state index contributed by atoms with van der Waals surface area (Å²) in [5.41, 5.74) is 0.288. The van der Waals surface area contributed by atoms with Gasteiger partial charge in [-0.2, -0.15) is 0 Å². The normalized spacial score (nSPS) is 11.9. The highest BCUT2D eigenvalue weighted by Crippen LogP contribution is 2.15. The smallest absolute Gasteiger partial charge is 0.326 e. The highest BCUT2D eigenvalue weighted by Gasteiger charge is 2.20. The number of carboxylic acid groups (broad SMARTS) is 1. The lowest BCUT2D eigenvalue weighted by molar-refractivity contribution is -0.139. The van der Waals surface area contributed by atoms with Crippen molar-refractivity contribution in [2.45, 2.75) is 25.8 Å². The molecule has 4 nitrogen and oxygen atoms in total. The number of rotatable bonds is 5. The highest BCUT2D eigenvalue weighted by atomic mass is 35.5. The van der Waals surface area contributed by atoms with Crippen LogP contribution in [0.2, 0.25) is 5.02 Å². The Bertz CT molecular complexity index is 420. The molecule has 17 heavy (non-hydrogen) atoms. The van der Waals surface area contributed by atoms with E-state index in [9.17, 15) is 9.59 Å². The number of nitrogens with one attached hydrogen (secondary N) is 1. The topological polar surface area (TPSA) is 66.4 Å². The summed E-state index contributed by atoms with van der Waals surface area (Å²) in [4.78, 5) is 22.7. The Morgan fingerprint density at radius 2 is 2.06 bits per heavy atom. The lowest BCUT2D eigenvalue weighted by atomic mass is 10.1. The van der Waals surface area contributed by atoms with Crippen LogP contribution in [-0.2, 0) is 4.79 Å². The van der Waals surface area contributed by atoms with E-state index in [2.05, 4.69) is 5.32 Å². The van der Waals surface area contributed by atoms with Crippen LogP contribution in [0.1, 0.15) is 30.1 Å². The second-order valence-electron chi connectivity index (χ2n) is 3.63. The largest absolute Gasteiger partial charge is 0.480 e. The van der Waals surface area contributed by atoms with Gasteiger partial charge in [-0.3, -0.25) is 4.79 Å². The molecule has 0 unspecified atom stereocenters. The van der Waals surface area contributed by atoms with Gasteiger partial charge in [-0.25, -0.2) is 4.79 Å². The molecule has 0 heterocycles. The molecule has 0 spiro atoms. The van der Waals surface area contributed by atoms with Crippen LogP contribution in [0.15, 0.2) is 24.3 Å². The lowest BCUT2D eigenvalue weighted by Crippen LogP contribution is -2.40. The van der Waals surface area contributed by atoms with Crippen LogP contribution in [0, 0.1) is 0 Å². The van der Waals surface area contributed by atoms with Crippen LogP contribution in [0.3, 0.4) is 0 Å². The first-order valence-electron chi connectivity index (χ1n) is 5.34. The van der Waals surface area contributed by atoms with E-state index in [-0.39, 0.29) is 5.56 Å². The lowest BCUT2D eigenvalue weighted by Gasteiger charge is -2.13. The van der Waals surface area contributed by atoms with Crippen LogP contribution in [0.5, 0.6) is 0 Å². The van der Waals surface area contributed by atoms with Crippen molar-refractivity contribution in [2.75, 3.05) is 0 Å². The van der Waals surface area contributed by atoms with E-state index in [1.807, 2.05) is 6.92 Å². The minimum Gasteiger partial charge on any atom is -0.480 e. The Hall–Kier alpha value is -1.55. The first-order chi connectivity index (χ1) is 8.06. The molecule has 0 bridgehead atoms. The van der Waals surface area contributed by atoms with Gasteiger partial charge in [-0.15, -0.1) is 0 Å². The van der Waals surface area contributed by atoms with Crippen molar-refractivity contribution in [3.8, 4) is 0 Å². The van der Waals surface area contributed by atoms with Gasteiger partial charge in [0.15, 0.2) is 0 Å². The molecule has 1 aromatic rings. The van der Waals surface area contributed by atoms with E-state index in [0.717, 1.165) is 0 Å². The number of aliphatic carboxylic acids is 1. The van der Waals surface area contributed by atoms with Crippen molar-refractivity contribution in [1.82, 2.24) is 5.32 Å². The van der Waals surface area contributed by atoms with E-state index in [4.69, 9.17) is 16.7 Å². The Kier molecular flexibility index (Phi) is 4.97. The molecule has 1 rings (SSSR count). The summed E-state index contributed by atoms with van der Waals surface area (Å²) in [5.74, 6) is -1.50. The van der Waals surface area contributed by atoms with Gasteiger partial charge in [-0.05, 0) is 18.6 Å². The predicted molar refractivity (Wildman–Crippen MR) is 65.3 cm³/mol. The highest BCUT2D eigenvalue weighted by molar-refractivity contribution is 6.33. The van der Waals surface area contributed by atoms with Gasteiger partial charge in [0.2, 0.25) is 0 Å². The second-order valence-corrected chi connectivity index (χ2v) is 4.04. The molecule has 92 valence electrons. The van der Waals surface area contributed by atoms with Crippen LogP contribution in [0.4, 0.5) is 0 Å². The third-order valence-corrected chi connectivity index (χ3v) is 2.63. The summed E-state index contributed by atoms with van der Waals surface area (Å²) in [7, 11) is 0. The van der Waals surface area contributed by atoms with Gasteiger partial charge in [-0.1, -0.05) is 37.1 Å². The number of hydrogen-bond acceptors (Lipinski definition) is 2. The fourth-order valence-electron chi connectivity index (χ4n) is 1.43. The monoisotopic (exact) mass is 255 g/mol. The molecular weight excluding hydrogens is 242 g/mol. The Morgan fingerprint density at radius 3 is 2.59 bits per heavy atom. The molecule has 0 radical (unpaired) electrons. The third kappa shape index (κ3) is 3.75. The van der Waals surface area contributed by atoms with Crippen LogP contribution < -0.4 is 5.32 Å². The van der Waals surface area contributed by atoms with Gasteiger partial charge < -0.3 is 10.4 Å². The number of amides is 1.